The lowest BCUT2D eigenvalue weighted by atomic mass is 10.1. The van der Waals surface area contributed by atoms with Crippen LogP contribution in [0.3, 0.4) is 0 Å². The first-order chi connectivity index (χ1) is 8.49. The molecule has 4 heteroatoms. The van der Waals surface area contributed by atoms with E-state index in [-0.39, 0.29) is 23.9 Å². The average Bonchev–Trinajstić information content (AvgIpc) is 2.35. The van der Waals surface area contributed by atoms with Crippen molar-refractivity contribution in [2.24, 2.45) is 5.72 Å². The number of carboxylic acids is 1. The van der Waals surface area contributed by atoms with Crippen molar-refractivity contribution >= 4 is 5.97 Å². The molecule has 0 unspecified atom stereocenters. The Hall–Kier alpha value is -1.55. The van der Waals surface area contributed by atoms with Crippen molar-refractivity contribution in [3.63, 3.8) is 0 Å². The zero-order valence-corrected chi connectivity index (χ0v) is 6.69. The molecule has 0 fully saturated rings. The van der Waals surface area contributed by atoms with E-state index in [0.717, 1.165) is 0 Å². The monoisotopic (exact) mass is 186 g/mol. The molecular formula is C9H11NO3. The number of benzene rings is 1. The highest BCUT2D eigenvalue weighted by Gasteiger charge is 2.11. The van der Waals surface area contributed by atoms with Crippen LogP contribution in [0, 0.1) is 0 Å². The third-order valence-electron chi connectivity index (χ3n) is 1.55. The molecule has 1 aromatic carbocycles. The third-order valence-corrected chi connectivity index (χ3v) is 1.55. The summed E-state index contributed by atoms with van der Waals surface area (Å²) in [6, 6.07) is 2.96. The van der Waals surface area contributed by atoms with Gasteiger partial charge in [-0.3, -0.25) is 4.79 Å². The maximum absolute atomic E-state index is 11.2. The number of aromatic hydroxyl groups is 1. The summed E-state index contributed by atoms with van der Waals surface area (Å²) in [7, 11) is 0. The van der Waals surface area contributed by atoms with Gasteiger partial charge in [0.05, 0.1) is 1.37 Å². The minimum Gasteiger partial charge on any atom is -0.508 e. The number of nitrogens with two attached hydrogens (primary N) is 1. The van der Waals surface area contributed by atoms with Crippen LogP contribution in [0.4, 0.5) is 0 Å². The van der Waals surface area contributed by atoms with Gasteiger partial charge in [0.1, 0.15) is 14.6 Å². The van der Waals surface area contributed by atoms with Gasteiger partial charge in [-0.15, -0.1) is 0 Å². The number of hydrogen-bond acceptors (Lipinski definition) is 4. The first-order valence-corrected chi connectivity index (χ1v) is 3.66. The van der Waals surface area contributed by atoms with E-state index in [1.54, 1.807) is 0 Å². The van der Waals surface area contributed by atoms with Gasteiger partial charge in [0.15, 0.2) is 0 Å². The number of hydrogen-bond donors (Lipinski definition) is 3. The number of aliphatic carboxylic acids is 1. The summed E-state index contributed by atoms with van der Waals surface area (Å²) in [4.78, 5) is 11.2. The second-order valence-electron chi connectivity index (χ2n) is 2.60. The largest absolute Gasteiger partial charge is 0.508 e. The van der Waals surface area contributed by atoms with Crippen LogP contribution in [0.5, 0.6) is 5.75 Å². The Morgan fingerprint density at radius 2 is 2.69 bits per heavy atom. The Morgan fingerprint density at radius 3 is 3.31 bits per heavy atom. The molecule has 0 amide bonds. The Bertz CT molecular complexity index is 429. The second-order valence-corrected chi connectivity index (χ2v) is 2.60. The standard InChI is InChI=1S/C9H11NO3/c10-8(9(12)13)5-6-1-3-7(11)4-2-6/h1-4,8,11H,5,10H2,(H,12,13)/t8-/m0/s1/i3D/hD4. The highest BCUT2D eigenvalue weighted by Crippen LogP contribution is 2.10. The SMILES string of the molecule is [2H]OC(=O)[C@H](Cc1ccc(O[2H])c([2H])c1)N([2H])[2H]. The number of carbonyl (C=O) groups is 1. The van der Waals surface area contributed by atoms with Crippen LogP contribution in [-0.2, 0) is 11.2 Å². The van der Waals surface area contributed by atoms with Crippen LogP contribution in [0.15, 0.2) is 24.2 Å². The molecule has 0 aliphatic carbocycles. The summed E-state index contributed by atoms with van der Waals surface area (Å²) in [5.41, 5.74) is 0.649. The van der Waals surface area contributed by atoms with Gasteiger partial charge in [-0.25, -0.2) is 0 Å². The van der Waals surface area contributed by atoms with Crippen LogP contribution in [-0.4, -0.2) is 23.7 Å². The molecule has 1 rings (SSSR count). The number of phenols is 1. The van der Waals surface area contributed by atoms with Crippen molar-refractivity contribution in [2.45, 2.75) is 12.5 Å². The van der Waals surface area contributed by atoms with E-state index >= 15 is 0 Å². The maximum atomic E-state index is 11.2. The van der Waals surface area contributed by atoms with Gasteiger partial charge in [-0.1, -0.05) is 12.1 Å². The lowest BCUT2D eigenvalue weighted by Gasteiger charge is -2.05. The van der Waals surface area contributed by atoms with Gasteiger partial charge in [0, 0.05) is 0 Å². The highest BCUT2D eigenvalue weighted by molar-refractivity contribution is 5.73. The van der Waals surface area contributed by atoms with Crippen LogP contribution >= 0.6 is 0 Å². The highest BCUT2D eigenvalue weighted by atomic mass is 16.4. The summed E-state index contributed by atoms with van der Waals surface area (Å²) in [5, 5.41) is 7.93. The molecular weight excluding hydrogens is 170 g/mol. The molecule has 0 saturated carbocycles. The zero-order chi connectivity index (χ0) is 13.7. The number of carboxylic acid groups (broad SMARTS) is 1. The van der Waals surface area contributed by atoms with Crippen LogP contribution < -0.4 is 5.72 Å². The predicted molar refractivity (Wildman–Crippen MR) is 47.4 cm³/mol. The van der Waals surface area contributed by atoms with E-state index in [0.29, 0.717) is 5.56 Å². The molecule has 0 bridgehead atoms. The lowest BCUT2D eigenvalue weighted by molar-refractivity contribution is -0.138. The smallest absolute Gasteiger partial charge is 0.320 e. The van der Waals surface area contributed by atoms with Crippen LogP contribution in [0.1, 0.15) is 6.93 Å². The maximum Gasteiger partial charge on any atom is 0.320 e. The molecule has 4 nitrogen and oxygen atoms in total. The van der Waals surface area contributed by atoms with Crippen molar-refractivity contribution in [3.05, 3.63) is 29.8 Å². The van der Waals surface area contributed by atoms with Gasteiger partial charge in [-0.05, 0) is 24.1 Å². The summed E-state index contributed by atoms with van der Waals surface area (Å²) in [6.07, 6.45) is -0.0468. The Kier molecular flexibility index (Phi) is 1.39. The van der Waals surface area contributed by atoms with E-state index in [4.69, 9.17) is 7.06 Å². The summed E-state index contributed by atoms with van der Waals surface area (Å²) < 4.78 is 34.8. The molecule has 0 heterocycles. The van der Waals surface area contributed by atoms with Crippen molar-refractivity contribution in [3.8, 4) is 5.75 Å². The number of rotatable bonds is 5. The molecule has 13 heavy (non-hydrogen) atoms. The molecule has 1 atom stereocenters. The molecule has 0 saturated heterocycles. The average molecular weight is 186 g/mol. The lowest BCUT2D eigenvalue weighted by Crippen LogP contribution is -2.32. The third kappa shape index (κ3) is 2.76. The fourth-order valence-corrected chi connectivity index (χ4v) is 0.876. The first-order valence-electron chi connectivity index (χ1n) is 5.87. The summed E-state index contributed by atoms with van der Waals surface area (Å²) in [6.45, 7) is 0. The molecule has 0 aliphatic rings. The van der Waals surface area contributed by atoms with Crippen molar-refractivity contribution in [2.75, 3.05) is 0 Å². The number of phenolic OH excluding ortho intramolecular Hbond substituents is 1. The van der Waals surface area contributed by atoms with Crippen LogP contribution in [0.2, 0.25) is 2.82 Å². The van der Waals surface area contributed by atoms with E-state index in [1.165, 1.54) is 18.2 Å². The first kappa shape index (κ1) is 4.62. The second kappa shape index (κ2) is 3.91. The molecule has 1 aromatic rings. The fraction of sp³-hybridized carbons (Fsp3) is 0.222. The quantitative estimate of drug-likeness (QED) is 0.619. The van der Waals surface area contributed by atoms with Gasteiger partial charge in [0.2, 0.25) is 0 Å². The van der Waals surface area contributed by atoms with Gasteiger partial charge < -0.3 is 15.9 Å². The molecule has 4 N–H and O–H groups in total. The van der Waals surface area contributed by atoms with E-state index in [2.05, 4.69) is 10.2 Å². The van der Waals surface area contributed by atoms with E-state index in [1.807, 2.05) is 0 Å². The minimum absolute atomic E-state index is 0.0398. The molecule has 0 aromatic heterocycles. The Morgan fingerprint density at radius 1 is 1.77 bits per heavy atom. The summed E-state index contributed by atoms with van der Waals surface area (Å²) >= 11 is 0. The summed E-state index contributed by atoms with van der Waals surface area (Å²) in [5.74, 6) is -0.959. The van der Waals surface area contributed by atoms with Gasteiger partial charge in [0.25, 0.3) is 2.86 Å². The molecule has 0 radical (unpaired) electrons. The normalized spacial score (nSPS) is 17.5. The molecule has 0 aliphatic heterocycles. The minimum atomic E-state index is -1.25. The Labute approximate surface area is 82.9 Å². The molecule has 70 valence electrons. The predicted octanol–water partition coefficient (Wildman–Crippen LogP) is 0.347. The van der Waals surface area contributed by atoms with E-state index in [9.17, 15) is 4.79 Å². The van der Waals surface area contributed by atoms with Gasteiger partial charge in [-0.2, -0.15) is 0 Å². The van der Waals surface area contributed by atoms with Crippen molar-refractivity contribution in [1.82, 2.24) is 0 Å². The van der Waals surface area contributed by atoms with Crippen molar-refractivity contribution in [1.29, 1.82) is 2.86 Å². The van der Waals surface area contributed by atoms with Crippen LogP contribution in [0.25, 0.3) is 1.43 Å². The van der Waals surface area contributed by atoms with Crippen molar-refractivity contribution < 1.29 is 19.2 Å². The fourth-order valence-electron chi connectivity index (χ4n) is 0.876. The zero-order valence-electron chi connectivity index (χ0n) is 11.7. The Balaban J connectivity index is 2.87. The van der Waals surface area contributed by atoms with Gasteiger partial charge >= 0.3 is 5.97 Å². The molecule has 0 spiro atoms. The van der Waals surface area contributed by atoms with E-state index < -0.39 is 12.0 Å². The topological polar surface area (TPSA) is 83.5 Å².